The van der Waals surface area contributed by atoms with Crippen molar-refractivity contribution in [3.8, 4) is 16.9 Å². The number of methoxy groups -OCH3 is 1. The van der Waals surface area contributed by atoms with E-state index in [-0.39, 0.29) is 18.9 Å². The number of halogens is 1. The predicted octanol–water partition coefficient (Wildman–Crippen LogP) is 4.78. The largest absolute Gasteiger partial charge is 0.497 e. The summed E-state index contributed by atoms with van der Waals surface area (Å²) in [5.41, 5.74) is 3.87. The van der Waals surface area contributed by atoms with Crippen LogP contribution in [0.1, 0.15) is 23.6 Å². The van der Waals surface area contributed by atoms with E-state index in [4.69, 9.17) is 21.1 Å². The van der Waals surface area contributed by atoms with Crippen LogP contribution in [0, 0.1) is 0 Å². The fourth-order valence-corrected chi connectivity index (χ4v) is 4.42. The van der Waals surface area contributed by atoms with Gasteiger partial charge in [-0.25, -0.2) is 4.79 Å². The summed E-state index contributed by atoms with van der Waals surface area (Å²) in [5.74, 6) is 0.0983. The minimum absolute atomic E-state index is 0.164. The number of carbonyl (C=O) groups is 2. The number of rotatable bonds is 7. The third-order valence-electron chi connectivity index (χ3n) is 5.94. The van der Waals surface area contributed by atoms with Crippen LogP contribution in [0.5, 0.6) is 5.75 Å². The number of fused-ring (bicyclic) bond motifs is 1. The van der Waals surface area contributed by atoms with Crippen LogP contribution in [0.3, 0.4) is 0 Å². The molecule has 0 fully saturated rings. The summed E-state index contributed by atoms with van der Waals surface area (Å²) < 4.78 is 10.6. The molecule has 170 valence electrons. The van der Waals surface area contributed by atoms with E-state index in [2.05, 4.69) is 11.4 Å². The molecule has 1 N–H and O–H groups in total. The number of ether oxygens (including phenoxy) is 2. The Balaban J connectivity index is 1.56. The summed E-state index contributed by atoms with van der Waals surface area (Å²) in [7, 11) is 1.60. The lowest BCUT2D eigenvalue weighted by Crippen LogP contribution is -2.56. The van der Waals surface area contributed by atoms with Gasteiger partial charge in [0.25, 0.3) is 0 Å². The first-order valence-corrected chi connectivity index (χ1v) is 11.3. The maximum Gasteiger partial charge on any atom is 0.332 e. The lowest BCUT2D eigenvalue weighted by Gasteiger charge is -2.28. The summed E-state index contributed by atoms with van der Waals surface area (Å²) in [6.07, 6.45) is 0.949. The molecule has 0 saturated heterocycles. The minimum Gasteiger partial charge on any atom is -0.497 e. The van der Waals surface area contributed by atoms with Gasteiger partial charge in [-0.15, -0.1) is 0 Å². The van der Waals surface area contributed by atoms with Crippen LogP contribution in [0.25, 0.3) is 11.1 Å². The molecular weight excluding hydrogens is 438 g/mol. The maximum atomic E-state index is 13.0. The van der Waals surface area contributed by atoms with E-state index < -0.39 is 11.5 Å². The molecule has 0 saturated carbocycles. The Hall–Kier alpha value is -3.31. The molecule has 1 amide bonds. The second kappa shape index (κ2) is 9.67. The predicted molar refractivity (Wildman–Crippen MR) is 129 cm³/mol. The van der Waals surface area contributed by atoms with Gasteiger partial charge >= 0.3 is 5.97 Å². The van der Waals surface area contributed by atoms with Crippen molar-refractivity contribution in [3.63, 3.8) is 0 Å². The van der Waals surface area contributed by atoms with Crippen LogP contribution < -0.4 is 10.1 Å². The molecule has 4 rings (SSSR count). The molecule has 1 aliphatic rings. The first-order valence-electron chi connectivity index (χ1n) is 10.9. The summed E-state index contributed by atoms with van der Waals surface area (Å²) in [5, 5.41) is 3.69. The molecule has 3 aromatic carbocycles. The summed E-state index contributed by atoms with van der Waals surface area (Å²) in [4.78, 5) is 26.0. The SMILES string of the molecule is CCOC(=O)C1(NC(=O)Cc2ccc(OC)cc2)Cc2ccc(-c3ccc(Cl)cc3)cc2C1. The Bertz CT molecular complexity index is 1160. The molecule has 0 aromatic heterocycles. The van der Waals surface area contributed by atoms with Gasteiger partial charge in [-0.05, 0) is 59.0 Å². The normalized spacial score (nSPS) is 16.7. The van der Waals surface area contributed by atoms with E-state index in [0.29, 0.717) is 17.9 Å². The van der Waals surface area contributed by atoms with Crippen molar-refractivity contribution in [2.24, 2.45) is 0 Å². The number of nitrogens with one attached hydrogen (secondary N) is 1. The highest BCUT2D eigenvalue weighted by Gasteiger charge is 2.46. The average Bonchev–Trinajstić information content (AvgIpc) is 3.18. The Morgan fingerprint density at radius 1 is 0.939 bits per heavy atom. The van der Waals surface area contributed by atoms with Gasteiger partial charge in [0.1, 0.15) is 11.3 Å². The fourth-order valence-electron chi connectivity index (χ4n) is 4.29. The van der Waals surface area contributed by atoms with Crippen molar-refractivity contribution in [2.75, 3.05) is 13.7 Å². The number of carbonyl (C=O) groups excluding carboxylic acids is 2. The molecule has 0 heterocycles. The highest BCUT2D eigenvalue weighted by molar-refractivity contribution is 6.30. The van der Waals surface area contributed by atoms with Gasteiger partial charge in [0.2, 0.25) is 5.91 Å². The summed E-state index contributed by atoms with van der Waals surface area (Å²) in [6, 6.07) is 21.1. The summed E-state index contributed by atoms with van der Waals surface area (Å²) >= 11 is 6.02. The van der Waals surface area contributed by atoms with Gasteiger partial charge in [0.05, 0.1) is 20.1 Å². The number of hydrogen-bond acceptors (Lipinski definition) is 4. The molecule has 1 aliphatic carbocycles. The zero-order chi connectivity index (χ0) is 23.4. The van der Waals surface area contributed by atoms with E-state index in [0.717, 1.165) is 33.6 Å². The molecule has 0 spiro atoms. The van der Waals surface area contributed by atoms with E-state index in [1.54, 1.807) is 14.0 Å². The van der Waals surface area contributed by atoms with Crippen molar-refractivity contribution >= 4 is 23.5 Å². The standard InChI is InChI=1S/C27H26ClNO4/c1-3-33-26(31)27(29-25(30)14-18-4-12-24(32-2)13-5-18)16-21-7-6-20(15-22(21)17-27)19-8-10-23(28)11-9-19/h4-13,15H,3,14,16-17H2,1-2H3,(H,29,30). The van der Waals surface area contributed by atoms with Crippen molar-refractivity contribution in [1.29, 1.82) is 0 Å². The molecule has 0 radical (unpaired) electrons. The molecule has 3 aromatic rings. The van der Waals surface area contributed by atoms with Crippen LogP contribution in [0.15, 0.2) is 66.7 Å². The Labute approximate surface area is 198 Å². The number of benzene rings is 3. The van der Waals surface area contributed by atoms with Gasteiger partial charge in [0.15, 0.2) is 0 Å². The van der Waals surface area contributed by atoms with Crippen LogP contribution in [0.2, 0.25) is 5.02 Å². The van der Waals surface area contributed by atoms with Gasteiger partial charge in [-0.1, -0.05) is 54.1 Å². The highest BCUT2D eigenvalue weighted by Crippen LogP contribution is 2.35. The van der Waals surface area contributed by atoms with Crippen molar-refractivity contribution in [3.05, 3.63) is 88.4 Å². The van der Waals surface area contributed by atoms with E-state index in [1.807, 2.05) is 60.7 Å². The molecule has 1 atom stereocenters. The van der Waals surface area contributed by atoms with Crippen LogP contribution >= 0.6 is 11.6 Å². The number of hydrogen-bond donors (Lipinski definition) is 1. The quantitative estimate of drug-likeness (QED) is 0.512. The van der Waals surface area contributed by atoms with E-state index >= 15 is 0 Å². The third-order valence-corrected chi connectivity index (χ3v) is 6.19. The Kier molecular flexibility index (Phi) is 6.70. The molecule has 1 unspecified atom stereocenters. The van der Waals surface area contributed by atoms with E-state index in [9.17, 15) is 9.59 Å². The Morgan fingerprint density at radius 3 is 2.27 bits per heavy atom. The smallest absolute Gasteiger partial charge is 0.332 e. The van der Waals surface area contributed by atoms with Gasteiger partial charge in [-0.3, -0.25) is 4.79 Å². The first-order chi connectivity index (χ1) is 15.9. The van der Waals surface area contributed by atoms with Gasteiger partial charge in [0, 0.05) is 17.9 Å². The maximum absolute atomic E-state index is 13.0. The average molecular weight is 464 g/mol. The zero-order valence-electron chi connectivity index (χ0n) is 18.7. The topological polar surface area (TPSA) is 64.6 Å². The second-order valence-electron chi connectivity index (χ2n) is 8.22. The van der Waals surface area contributed by atoms with Crippen molar-refractivity contribution < 1.29 is 19.1 Å². The second-order valence-corrected chi connectivity index (χ2v) is 8.66. The molecule has 0 aliphatic heterocycles. The molecule has 33 heavy (non-hydrogen) atoms. The number of esters is 1. The van der Waals surface area contributed by atoms with Gasteiger partial charge < -0.3 is 14.8 Å². The summed E-state index contributed by atoms with van der Waals surface area (Å²) in [6.45, 7) is 2.02. The lowest BCUT2D eigenvalue weighted by molar-refractivity contribution is -0.153. The van der Waals surface area contributed by atoms with Crippen LogP contribution in [0.4, 0.5) is 0 Å². The first kappa shape index (κ1) is 22.9. The highest BCUT2D eigenvalue weighted by atomic mass is 35.5. The van der Waals surface area contributed by atoms with Crippen LogP contribution in [-0.2, 0) is 33.6 Å². The fraction of sp³-hybridized carbons (Fsp3) is 0.259. The van der Waals surface area contributed by atoms with Crippen molar-refractivity contribution in [1.82, 2.24) is 5.32 Å². The van der Waals surface area contributed by atoms with Crippen LogP contribution in [-0.4, -0.2) is 31.1 Å². The zero-order valence-corrected chi connectivity index (χ0v) is 19.4. The molecular formula is C27H26ClNO4. The van der Waals surface area contributed by atoms with E-state index in [1.165, 1.54) is 0 Å². The molecule has 6 heteroatoms. The molecule has 0 bridgehead atoms. The van der Waals surface area contributed by atoms with Crippen molar-refractivity contribution in [2.45, 2.75) is 31.7 Å². The molecule has 5 nitrogen and oxygen atoms in total. The third kappa shape index (κ3) is 5.04. The minimum atomic E-state index is -1.11. The lowest BCUT2D eigenvalue weighted by atomic mass is 9.95. The monoisotopic (exact) mass is 463 g/mol. The van der Waals surface area contributed by atoms with Gasteiger partial charge in [-0.2, -0.15) is 0 Å². The Morgan fingerprint density at radius 2 is 1.61 bits per heavy atom. The number of amides is 1.